The van der Waals surface area contributed by atoms with Crippen LogP contribution in [0.2, 0.25) is 0 Å². The van der Waals surface area contributed by atoms with Crippen LogP contribution in [0.4, 0.5) is 0 Å². The minimum absolute atomic E-state index is 0.897. The van der Waals surface area contributed by atoms with E-state index in [1.165, 1.54) is 11.4 Å². The molecule has 18 heavy (non-hydrogen) atoms. The van der Waals surface area contributed by atoms with Crippen molar-refractivity contribution in [2.75, 3.05) is 6.54 Å². The highest BCUT2D eigenvalue weighted by molar-refractivity contribution is 5.10. The Bertz CT molecular complexity index is 470. The zero-order valence-electron chi connectivity index (χ0n) is 11.3. The van der Waals surface area contributed by atoms with Gasteiger partial charge in [0.1, 0.15) is 0 Å². The van der Waals surface area contributed by atoms with Crippen molar-refractivity contribution in [1.29, 1.82) is 0 Å². The highest BCUT2D eigenvalue weighted by Gasteiger charge is 2.05. The molecule has 0 aliphatic carbocycles. The van der Waals surface area contributed by atoms with Gasteiger partial charge in [-0.05, 0) is 25.1 Å². The van der Waals surface area contributed by atoms with Gasteiger partial charge in [-0.3, -0.25) is 0 Å². The van der Waals surface area contributed by atoms with Gasteiger partial charge in [-0.2, -0.15) is 0 Å². The maximum Gasteiger partial charge on any atom is 0.0948 e. The molecule has 0 unspecified atom stereocenters. The molecule has 0 saturated carbocycles. The van der Waals surface area contributed by atoms with E-state index in [9.17, 15) is 0 Å². The lowest BCUT2D eigenvalue weighted by Gasteiger charge is -2.11. The van der Waals surface area contributed by atoms with Crippen LogP contribution < -0.4 is 5.32 Å². The summed E-state index contributed by atoms with van der Waals surface area (Å²) >= 11 is 0. The molecule has 0 aliphatic heterocycles. The summed E-state index contributed by atoms with van der Waals surface area (Å²) in [5, 5.41) is 3.37. The maximum absolute atomic E-state index is 4.25. The first-order chi connectivity index (χ1) is 8.85. The minimum Gasteiger partial charge on any atom is -0.344 e. The summed E-state index contributed by atoms with van der Waals surface area (Å²) in [7, 11) is 0. The van der Waals surface area contributed by atoms with Crippen molar-refractivity contribution < 1.29 is 0 Å². The highest BCUT2D eigenvalue weighted by Crippen LogP contribution is 2.08. The van der Waals surface area contributed by atoms with Gasteiger partial charge in [0.05, 0.1) is 18.6 Å². The lowest BCUT2D eigenvalue weighted by atomic mass is 10.3. The number of aryl methyl sites for hydroxylation is 1. The van der Waals surface area contributed by atoms with Gasteiger partial charge in [0, 0.05) is 31.2 Å². The summed E-state index contributed by atoms with van der Waals surface area (Å²) in [4.78, 5) is 4.25. The molecule has 0 fully saturated rings. The Morgan fingerprint density at radius 1 is 1.22 bits per heavy atom. The average molecular weight is 246 g/mol. The van der Waals surface area contributed by atoms with Crippen molar-refractivity contribution in [1.82, 2.24) is 19.4 Å². The van der Waals surface area contributed by atoms with E-state index in [1.54, 1.807) is 0 Å². The number of hydrogen-bond donors (Lipinski definition) is 1. The number of rotatable bonds is 7. The molecule has 1 N–H and O–H groups in total. The molecule has 2 heterocycles. The molecule has 98 valence electrons. The van der Waals surface area contributed by atoms with Crippen molar-refractivity contribution in [3.8, 4) is 0 Å². The molecule has 0 atom stereocenters. The van der Waals surface area contributed by atoms with Crippen molar-refractivity contribution in [2.45, 2.75) is 39.9 Å². The molecular formula is C14H22N4. The first kappa shape index (κ1) is 12.9. The molecule has 4 nitrogen and oxygen atoms in total. The van der Waals surface area contributed by atoms with Crippen LogP contribution in [-0.4, -0.2) is 20.7 Å². The first-order valence-corrected chi connectivity index (χ1v) is 6.68. The van der Waals surface area contributed by atoms with Gasteiger partial charge in [0.25, 0.3) is 0 Å². The number of aromatic nitrogens is 3. The van der Waals surface area contributed by atoms with Crippen LogP contribution in [0.15, 0.2) is 30.9 Å². The van der Waals surface area contributed by atoms with Crippen molar-refractivity contribution in [3.63, 3.8) is 0 Å². The fraction of sp³-hybridized carbons (Fsp3) is 0.500. The summed E-state index contributed by atoms with van der Waals surface area (Å²) in [6, 6.07) is 4.27. The quantitative estimate of drug-likeness (QED) is 0.813. The normalized spacial score (nSPS) is 11.0. The number of hydrogen-bond acceptors (Lipinski definition) is 2. The summed E-state index contributed by atoms with van der Waals surface area (Å²) in [6.07, 6.45) is 7.16. The second-order valence-corrected chi connectivity index (χ2v) is 4.49. The second-order valence-electron chi connectivity index (χ2n) is 4.49. The maximum atomic E-state index is 4.25. The third-order valence-electron chi connectivity index (χ3n) is 3.08. The predicted molar refractivity (Wildman–Crippen MR) is 73.4 cm³/mol. The molecule has 0 aromatic carbocycles. The minimum atomic E-state index is 0.897. The van der Waals surface area contributed by atoms with Gasteiger partial charge in [0.15, 0.2) is 0 Å². The molecule has 0 aliphatic rings. The van der Waals surface area contributed by atoms with Gasteiger partial charge < -0.3 is 14.5 Å². The summed E-state index contributed by atoms with van der Waals surface area (Å²) in [6.45, 7) is 8.18. The lowest BCUT2D eigenvalue weighted by molar-refractivity contribution is 0.603. The monoisotopic (exact) mass is 246 g/mol. The fourth-order valence-corrected chi connectivity index (χ4v) is 2.11. The molecule has 2 aromatic rings. The van der Waals surface area contributed by atoms with Gasteiger partial charge >= 0.3 is 0 Å². The Morgan fingerprint density at radius 3 is 2.89 bits per heavy atom. The third-order valence-corrected chi connectivity index (χ3v) is 3.08. The van der Waals surface area contributed by atoms with E-state index in [2.05, 4.69) is 51.6 Å². The Morgan fingerprint density at radius 2 is 2.11 bits per heavy atom. The van der Waals surface area contributed by atoms with E-state index in [4.69, 9.17) is 0 Å². The Kier molecular flexibility index (Phi) is 4.59. The van der Waals surface area contributed by atoms with Crippen molar-refractivity contribution >= 4 is 0 Å². The lowest BCUT2D eigenvalue weighted by Crippen LogP contribution is -2.16. The van der Waals surface area contributed by atoms with E-state index >= 15 is 0 Å². The largest absolute Gasteiger partial charge is 0.344 e. The molecule has 2 aromatic heterocycles. The SMILES string of the molecule is CCCn1cncc1Cn1cccc1CNCC. The smallest absolute Gasteiger partial charge is 0.0948 e. The molecule has 0 radical (unpaired) electrons. The molecule has 0 spiro atoms. The zero-order valence-corrected chi connectivity index (χ0v) is 11.3. The van der Waals surface area contributed by atoms with E-state index in [0.717, 1.165) is 32.6 Å². The van der Waals surface area contributed by atoms with Gasteiger partial charge in [-0.25, -0.2) is 4.98 Å². The van der Waals surface area contributed by atoms with Gasteiger partial charge in [0.2, 0.25) is 0 Å². The van der Waals surface area contributed by atoms with E-state index in [-0.39, 0.29) is 0 Å². The Labute approximate surface area is 109 Å². The van der Waals surface area contributed by atoms with E-state index in [0.29, 0.717) is 0 Å². The highest BCUT2D eigenvalue weighted by atomic mass is 15.1. The van der Waals surface area contributed by atoms with Gasteiger partial charge in [-0.1, -0.05) is 13.8 Å². The van der Waals surface area contributed by atoms with Crippen LogP contribution in [0.1, 0.15) is 31.7 Å². The van der Waals surface area contributed by atoms with Crippen LogP contribution in [0.25, 0.3) is 0 Å². The Hall–Kier alpha value is -1.55. The Balaban J connectivity index is 2.08. The van der Waals surface area contributed by atoms with Crippen LogP contribution in [-0.2, 0) is 19.6 Å². The average Bonchev–Trinajstić information content (AvgIpc) is 2.98. The fourth-order valence-electron chi connectivity index (χ4n) is 2.11. The van der Waals surface area contributed by atoms with Gasteiger partial charge in [-0.15, -0.1) is 0 Å². The molecule has 2 rings (SSSR count). The second kappa shape index (κ2) is 6.40. The first-order valence-electron chi connectivity index (χ1n) is 6.68. The molecule has 4 heteroatoms. The summed E-state index contributed by atoms with van der Waals surface area (Å²) < 4.78 is 4.52. The zero-order chi connectivity index (χ0) is 12.8. The summed E-state index contributed by atoms with van der Waals surface area (Å²) in [5.41, 5.74) is 2.59. The summed E-state index contributed by atoms with van der Waals surface area (Å²) in [5.74, 6) is 0. The third kappa shape index (κ3) is 3.01. The molecule has 0 bridgehead atoms. The van der Waals surface area contributed by atoms with Crippen LogP contribution in [0, 0.1) is 0 Å². The number of imidazole rings is 1. The molecular weight excluding hydrogens is 224 g/mol. The number of nitrogens with one attached hydrogen (secondary N) is 1. The van der Waals surface area contributed by atoms with E-state index in [1.807, 2.05) is 12.5 Å². The number of nitrogens with zero attached hydrogens (tertiary/aromatic N) is 3. The predicted octanol–water partition coefficient (Wildman–Crippen LogP) is 2.25. The van der Waals surface area contributed by atoms with Crippen molar-refractivity contribution in [2.24, 2.45) is 0 Å². The van der Waals surface area contributed by atoms with Crippen molar-refractivity contribution in [3.05, 3.63) is 42.2 Å². The van der Waals surface area contributed by atoms with Crippen LogP contribution in [0.3, 0.4) is 0 Å². The molecule has 0 amide bonds. The standard InChI is InChI=1S/C14H22N4/c1-3-7-18-12-16-10-14(18)11-17-8-5-6-13(17)9-15-4-2/h5-6,8,10,12,15H,3-4,7,9,11H2,1-2H3. The topological polar surface area (TPSA) is 34.8 Å². The molecule has 0 saturated heterocycles. The van der Waals surface area contributed by atoms with Crippen LogP contribution >= 0.6 is 0 Å². The van der Waals surface area contributed by atoms with Crippen LogP contribution in [0.5, 0.6) is 0 Å². The van der Waals surface area contributed by atoms with E-state index < -0.39 is 0 Å².